The summed E-state index contributed by atoms with van der Waals surface area (Å²) in [5.74, 6) is -0.772. The van der Waals surface area contributed by atoms with Crippen LogP contribution in [0.15, 0.2) is 42.5 Å². The zero-order valence-corrected chi connectivity index (χ0v) is 12.4. The Labute approximate surface area is 128 Å². The molecule has 4 nitrogen and oxygen atoms in total. The Morgan fingerprint density at radius 1 is 0.955 bits per heavy atom. The van der Waals surface area contributed by atoms with Crippen LogP contribution in [0.1, 0.15) is 50.0 Å². The predicted octanol–water partition coefficient (Wildman–Crippen LogP) is 3.39. The van der Waals surface area contributed by atoms with E-state index in [1.165, 1.54) is 6.07 Å². The van der Waals surface area contributed by atoms with Gasteiger partial charge in [0, 0.05) is 12.0 Å². The van der Waals surface area contributed by atoms with Crippen LogP contribution in [0.2, 0.25) is 0 Å². The molecule has 0 aromatic heterocycles. The molecule has 22 heavy (non-hydrogen) atoms. The van der Waals surface area contributed by atoms with E-state index in [1.54, 1.807) is 31.2 Å². The third-order valence-electron chi connectivity index (χ3n) is 3.82. The molecule has 0 aliphatic carbocycles. The van der Waals surface area contributed by atoms with Crippen molar-refractivity contribution >= 4 is 23.3 Å². The molecule has 0 N–H and O–H groups in total. The zero-order valence-electron chi connectivity index (χ0n) is 12.4. The van der Waals surface area contributed by atoms with E-state index in [-0.39, 0.29) is 17.6 Å². The number of carbonyl (C=O) groups is 3. The van der Waals surface area contributed by atoms with E-state index in [2.05, 4.69) is 0 Å². The van der Waals surface area contributed by atoms with Crippen LogP contribution < -0.4 is 4.90 Å². The number of imide groups is 1. The van der Waals surface area contributed by atoms with Crippen LogP contribution in [0, 0.1) is 6.92 Å². The minimum absolute atomic E-state index is 0.0446. The highest BCUT2D eigenvalue weighted by atomic mass is 16.2. The maximum atomic E-state index is 12.5. The third-order valence-corrected chi connectivity index (χ3v) is 3.82. The van der Waals surface area contributed by atoms with Gasteiger partial charge in [-0.1, -0.05) is 30.7 Å². The normalized spacial score (nSPS) is 13.5. The number of hydrogen-bond donors (Lipinski definition) is 0. The summed E-state index contributed by atoms with van der Waals surface area (Å²) in [5.41, 5.74) is 2.70. The smallest absolute Gasteiger partial charge is 0.266 e. The average Bonchev–Trinajstić information content (AvgIpc) is 2.79. The van der Waals surface area contributed by atoms with Crippen LogP contribution in [-0.2, 0) is 0 Å². The zero-order chi connectivity index (χ0) is 15.9. The minimum atomic E-state index is -0.380. The topological polar surface area (TPSA) is 54.5 Å². The highest BCUT2D eigenvalue weighted by Gasteiger charge is 2.36. The summed E-state index contributed by atoms with van der Waals surface area (Å²) in [5, 5.41) is 0. The average molecular weight is 293 g/mol. The van der Waals surface area contributed by atoms with Crippen LogP contribution in [0.5, 0.6) is 0 Å². The number of rotatable bonds is 3. The van der Waals surface area contributed by atoms with Crippen molar-refractivity contribution in [2.45, 2.75) is 20.3 Å². The molecule has 1 aliphatic heterocycles. The molecule has 3 rings (SSSR count). The molecular formula is C18H15NO3. The summed E-state index contributed by atoms with van der Waals surface area (Å²) in [4.78, 5) is 38.0. The summed E-state index contributed by atoms with van der Waals surface area (Å²) in [6, 6.07) is 11.9. The summed E-state index contributed by atoms with van der Waals surface area (Å²) < 4.78 is 0. The molecule has 0 saturated heterocycles. The molecule has 110 valence electrons. The van der Waals surface area contributed by atoms with E-state index in [4.69, 9.17) is 0 Å². The van der Waals surface area contributed by atoms with Crippen molar-refractivity contribution in [1.82, 2.24) is 0 Å². The van der Waals surface area contributed by atoms with E-state index < -0.39 is 0 Å². The quantitative estimate of drug-likeness (QED) is 0.644. The predicted molar refractivity (Wildman–Crippen MR) is 83.4 cm³/mol. The lowest BCUT2D eigenvalue weighted by Crippen LogP contribution is -2.29. The number of anilines is 1. The first-order valence-corrected chi connectivity index (χ1v) is 7.15. The Morgan fingerprint density at radius 3 is 2.23 bits per heavy atom. The SMILES string of the molecule is CCC(=O)c1ccc2c(c1)C(=O)N(c1ccc(C)cc1)C2=O. The molecule has 0 fully saturated rings. The van der Waals surface area contributed by atoms with Gasteiger partial charge < -0.3 is 0 Å². The number of carbonyl (C=O) groups excluding carboxylic acids is 3. The van der Waals surface area contributed by atoms with Crippen molar-refractivity contribution in [3.8, 4) is 0 Å². The largest absolute Gasteiger partial charge is 0.294 e. The van der Waals surface area contributed by atoms with Gasteiger partial charge in [-0.3, -0.25) is 14.4 Å². The van der Waals surface area contributed by atoms with E-state index in [9.17, 15) is 14.4 Å². The second kappa shape index (κ2) is 5.22. The molecule has 0 spiro atoms. The molecule has 0 bridgehead atoms. The third kappa shape index (κ3) is 2.13. The fourth-order valence-corrected chi connectivity index (χ4v) is 2.55. The lowest BCUT2D eigenvalue weighted by atomic mass is 10.0. The number of Topliss-reactive ketones (excluding diaryl/α,β-unsaturated/α-hetero) is 1. The summed E-state index contributed by atoms with van der Waals surface area (Å²) in [6.45, 7) is 3.70. The van der Waals surface area contributed by atoms with Gasteiger partial charge in [-0.25, -0.2) is 4.90 Å². The summed E-state index contributed by atoms with van der Waals surface area (Å²) in [6.07, 6.45) is 0.364. The molecule has 2 amide bonds. The van der Waals surface area contributed by atoms with Gasteiger partial charge in [0.05, 0.1) is 16.8 Å². The number of hydrogen-bond acceptors (Lipinski definition) is 3. The van der Waals surface area contributed by atoms with Gasteiger partial charge in [-0.2, -0.15) is 0 Å². The first-order valence-electron chi connectivity index (χ1n) is 7.15. The first kappa shape index (κ1) is 14.2. The summed E-state index contributed by atoms with van der Waals surface area (Å²) >= 11 is 0. The van der Waals surface area contributed by atoms with Gasteiger partial charge in [0.2, 0.25) is 0 Å². The van der Waals surface area contributed by atoms with Crippen LogP contribution in [0.3, 0.4) is 0 Å². The number of amides is 2. The number of fused-ring (bicyclic) bond motifs is 1. The molecule has 4 heteroatoms. The van der Waals surface area contributed by atoms with Crippen molar-refractivity contribution in [3.05, 3.63) is 64.7 Å². The van der Waals surface area contributed by atoms with Crippen molar-refractivity contribution in [3.63, 3.8) is 0 Å². The van der Waals surface area contributed by atoms with Gasteiger partial charge in [-0.05, 0) is 31.2 Å². The van der Waals surface area contributed by atoms with Gasteiger partial charge in [-0.15, -0.1) is 0 Å². The Morgan fingerprint density at radius 2 is 1.59 bits per heavy atom. The molecule has 1 heterocycles. The maximum Gasteiger partial charge on any atom is 0.266 e. The van der Waals surface area contributed by atoms with Gasteiger partial charge in [0.25, 0.3) is 11.8 Å². The van der Waals surface area contributed by atoms with Gasteiger partial charge in [0.15, 0.2) is 5.78 Å². The van der Waals surface area contributed by atoms with Crippen molar-refractivity contribution in [2.24, 2.45) is 0 Å². The highest BCUT2D eigenvalue weighted by molar-refractivity contribution is 6.34. The number of nitrogens with zero attached hydrogens (tertiary/aromatic N) is 1. The standard InChI is InChI=1S/C18H15NO3/c1-3-16(20)12-6-9-14-15(10-12)18(22)19(17(14)21)13-7-4-11(2)5-8-13/h4-10H,3H2,1-2H3. The first-order chi connectivity index (χ1) is 10.5. The van der Waals surface area contributed by atoms with Gasteiger partial charge >= 0.3 is 0 Å². The van der Waals surface area contributed by atoms with E-state index in [0.717, 1.165) is 10.5 Å². The van der Waals surface area contributed by atoms with Crippen LogP contribution in [0.25, 0.3) is 0 Å². The molecule has 2 aromatic rings. The van der Waals surface area contributed by atoms with Crippen molar-refractivity contribution in [1.29, 1.82) is 0 Å². The fourth-order valence-electron chi connectivity index (χ4n) is 2.55. The number of ketones is 1. The second-order valence-electron chi connectivity index (χ2n) is 5.32. The van der Waals surface area contributed by atoms with Gasteiger partial charge in [0.1, 0.15) is 0 Å². The van der Waals surface area contributed by atoms with E-state index in [1.807, 2.05) is 19.1 Å². The monoisotopic (exact) mass is 293 g/mol. The van der Waals surface area contributed by atoms with Crippen LogP contribution >= 0.6 is 0 Å². The number of benzene rings is 2. The minimum Gasteiger partial charge on any atom is -0.294 e. The lowest BCUT2D eigenvalue weighted by molar-refractivity contribution is 0.0925. The second-order valence-corrected chi connectivity index (χ2v) is 5.32. The summed E-state index contributed by atoms with van der Waals surface area (Å²) in [7, 11) is 0. The molecule has 0 saturated carbocycles. The Hall–Kier alpha value is -2.75. The maximum absolute atomic E-state index is 12.5. The molecular weight excluding hydrogens is 278 g/mol. The Bertz CT molecular complexity index is 790. The Kier molecular flexibility index (Phi) is 3.37. The number of aryl methyl sites for hydroxylation is 1. The lowest BCUT2D eigenvalue weighted by Gasteiger charge is -2.13. The molecule has 0 unspecified atom stereocenters. The van der Waals surface area contributed by atoms with E-state index >= 15 is 0 Å². The van der Waals surface area contributed by atoms with Crippen molar-refractivity contribution in [2.75, 3.05) is 4.90 Å². The highest BCUT2D eigenvalue weighted by Crippen LogP contribution is 2.29. The molecule has 0 radical (unpaired) electrons. The van der Waals surface area contributed by atoms with Crippen LogP contribution in [-0.4, -0.2) is 17.6 Å². The molecule has 2 aromatic carbocycles. The van der Waals surface area contributed by atoms with Crippen molar-refractivity contribution < 1.29 is 14.4 Å². The molecule has 1 aliphatic rings. The Balaban J connectivity index is 2.05. The van der Waals surface area contributed by atoms with E-state index in [0.29, 0.717) is 28.8 Å². The van der Waals surface area contributed by atoms with Crippen LogP contribution in [0.4, 0.5) is 5.69 Å². The fraction of sp³-hybridized carbons (Fsp3) is 0.167. The molecule has 0 atom stereocenters.